The van der Waals surface area contributed by atoms with Crippen molar-refractivity contribution in [3.63, 3.8) is 0 Å². The predicted octanol–water partition coefficient (Wildman–Crippen LogP) is 2.16. The molecule has 0 rings (SSSR count). The van der Waals surface area contributed by atoms with E-state index in [9.17, 15) is 0 Å². The highest BCUT2D eigenvalue weighted by Gasteiger charge is 2.02. The zero-order valence-corrected chi connectivity index (χ0v) is 7.32. The summed E-state index contributed by atoms with van der Waals surface area (Å²) in [6, 6.07) is 0. The Kier molecular flexibility index (Phi) is 5.81. The molecule has 0 spiro atoms. The van der Waals surface area contributed by atoms with Gasteiger partial charge in [-0.2, -0.15) is 0 Å². The third-order valence-electron chi connectivity index (χ3n) is 0.659. The second-order valence-electron chi connectivity index (χ2n) is 2.16. The number of alkyl halides is 1. The fourth-order valence-corrected chi connectivity index (χ4v) is 1.02. The maximum absolute atomic E-state index is 8.82. The average Bonchev–Trinajstić information content (AvgIpc) is 1.83. The summed E-state index contributed by atoms with van der Waals surface area (Å²) in [7, 11) is -1.35. The summed E-state index contributed by atoms with van der Waals surface area (Å²) in [6.07, 6.45) is 0. The normalized spacial score (nSPS) is 14.3. The molecule has 0 aromatic carbocycles. The Morgan fingerprint density at radius 2 is 2.22 bits per heavy atom. The molecule has 0 aliphatic rings. The van der Waals surface area contributed by atoms with E-state index in [0.29, 0.717) is 12.5 Å². The van der Waals surface area contributed by atoms with Crippen LogP contribution in [-0.4, -0.2) is 17.1 Å². The third kappa shape index (κ3) is 6.53. The number of hydrogen-bond donors (Lipinski definition) is 1. The van der Waals surface area contributed by atoms with Crippen molar-refractivity contribution in [2.24, 2.45) is 5.92 Å². The van der Waals surface area contributed by atoms with Crippen LogP contribution in [0.5, 0.6) is 0 Å². The summed E-state index contributed by atoms with van der Waals surface area (Å²) in [5, 5.41) is 0. The maximum atomic E-state index is 8.82. The van der Waals surface area contributed by atoms with Crippen molar-refractivity contribution in [3.05, 3.63) is 0 Å². The van der Waals surface area contributed by atoms with Crippen LogP contribution < -0.4 is 0 Å². The van der Waals surface area contributed by atoms with Crippen molar-refractivity contribution in [3.8, 4) is 0 Å². The monoisotopic (exact) mass is 170 g/mol. The predicted molar refractivity (Wildman–Crippen MR) is 40.6 cm³/mol. The Hall–Kier alpha value is 0.640. The smallest absolute Gasteiger partial charge is 0.183 e. The molecule has 1 unspecified atom stereocenters. The zero-order chi connectivity index (χ0) is 7.28. The summed E-state index contributed by atoms with van der Waals surface area (Å²) >= 11 is 5.29. The molecule has 0 amide bonds. The van der Waals surface area contributed by atoms with Gasteiger partial charge in [0.1, 0.15) is 0 Å². The standard InChI is InChI=1S/C5H12ClO2P/c1-5(2)3-8-9(7)4-6/h5,7H,3-4H2,1-2H3. The van der Waals surface area contributed by atoms with E-state index in [4.69, 9.17) is 21.0 Å². The van der Waals surface area contributed by atoms with Crippen LogP contribution in [0.25, 0.3) is 0 Å². The van der Waals surface area contributed by atoms with Crippen molar-refractivity contribution < 1.29 is 9.42 Å². The van der Waals surface area contributed by atoms with Gasteiger partial charge in [0, 0.05) is 0 Å². The molecule has 0 saturated carbocycles. The number of rotatable bonds is 4. The number of halogens is 1. The minimum atomic E-state index is -1.35. The van der Waals surface area contributed by atoms with Crippen LogP contribution in [0.3, 0.4) is 0 Å². The van der Waals surface area contributed by atoms with Crippen molar-refractivity contribution in [2.45, 2.75) is 13.8 Å². The molecule has 0 aromatic rings. The van der Waals surface area contributed by atoms with E-state index in [2.05, 4.69) is 0 Å². The second kappa shape index (κ2) is 5.43. The molecule has 0 bridgehead atoms. The van der Waals surface area contributed by atoms with Crippen molar-refractivity contribution in [1.82, 2.24) is 0 Å². The second-order valence-corrected chi connectivity index (χ2v) is 4.08. The van der Waals surface area contributed by atoms with Gasteiger partial charge in [-0.3, -0.25) is 0 Å². The Morgan fingerprint density at radius 3 is 2.56 bits per heavy atom. The zero-order valence-electron chi connectivity index (χ0n) is 5.67. The topological polar surface area (TPSA) is 29.5 Å². The molecule has 0 radical (unpaired) electrons. The minimum Gasteiger partial charge on any atom is -0.349 e. The van der Waals surface area contributed by atoms with Crippen LogP contribution in [0.15, 0.2) is 0 Å². The lowest BCUT2D eigenvalue weighted by Gasteiger charge is -2.08. The van der Waals surface area contributed by atoms with Gasteiger partial charge in [-0.1, -0.05) is 13.8 Å². The van der Waals surface area contributed by atoms with Crippen LogP contribution in [0.1, 0.15) is 13.8 Å². The lowest BCUT2D eigenvalue weighted by molar-refractivity contribution is 0.270. The molecule has 0 saturated heterocycles. The van der Waals surface area contributed by atoms with E-state index < -0.39 is 8.38 Å². The lowest BCUT2D eigenvalue weighted by atomic mass is 10.2. The first-order chi connectivity index (χ1) is 4.16. The molecule has 2 nitrogen and oxygen atoms in total. The van der Waals surface area contributed by atoms with E-state index in [1.165, 1.54) is 0 Å². The molecular formula is C5H12ClO2P. The largest absolute Gasteiger partial charge is 0.349 e. The molecule has 9 heavy (non-hydrogen) atoms. The molecule has 0 heterocycles. The molecule has 0 aliphatic carbocycles. The first kappa shape index (κ1) is 9.64. The van der Waals surface area contributed by atoms with Crippen molar-refractivity contribution >= 4 is 20.0 Å². The van der Waals surface area contributed by atoms with E-state index >= 15 is 0 Å². The van der Waals surface area contributed by atoms with E-state index in [-0.39, 0.29) is 5.62 Å². The SMILES string of the molecule is CC(C)COP(O)CCl. The Bertz CT molecular complexity index is 70.0. The molecular weight excluding hydrogens is 158 g/mol. The molecule has 1 N–H and O–H groups in total. The van der Waals surface area contributed by atoms with Gasteiger partial charge in [-0.15, -0.1) is 11.6 Å². The molecule has 1 atom stereocenters. The van der Waals surface area contributed by atoms with Crippen LogP contribution in [0.4, 0.5) is 0 Å². The van der Waals surface area contributed by atoms with Gasteiger partial charge in [0.2, 0.25) is 0 Å². The van der Waals surface area contributed by atoms with E-state index in [1.54, 1.807) is 0 Å². The Morgan fingerprint density at radius 1 is 1.67 bits per heavy atom. The van der Waals surface area contributed by atoms with Gasteiger partial charge >= 0.3 is 0 Å². The first-order valence-electron chi connectivity index (χ1n) is 2.82. The summed E-state index contributed by atoms with van der Waals surface area (Å²) in [6.45, 7) is 4.64. The van der Waals surface area contributed by atoms with Crippen LogP contribution in [0.2, 0.25) is 0 Å². The fourth-order valence-electron chi connectivity index (χ4n) is 0.270. The minimum absolute atomic E-state index is 0.210. The quantitative estimate of drug-likeness (QED) is 0.518. The highest BCUT2D eigenvalue weighted by atomic mass is 35.5. The fraction of sp³-hybridized carbons (Fsp3) is 1.00. The highest BCUT2D eigenvalue weighted by Crippen LogP contribution is 2.32. The van der Waals surface area contributed by atoms with E-state index in [0.717, 1.165) is 0 Å². The van der Waals surface area contributed by atoms with Crippen LogP contribution >= 0.6 is 20.0 Å². The Labute approximate surface area is 62.1 Å². The average molecular weight is 171 g/mol. The highest BCUT2D eigenvalue weighted by molar-refractivity contribution is 7.48. The van der Waals surface area contributed by atoms with Gasteiger partial charge in [0.15, 0.2) is 8.38 Å². The summed E-state index contributed by atoms with van der Waals surface area (Å²) in [5.74, 6) is 0.463. The molecule has 56 valence electrons. The molecule has 4 heteroatoms. The van der Waals surface area contributed by atoms with E-state index in [1.807, 2.05) is 13.8 Å². The Balaban J connectivity index is 3.06. The van der Waals surface area contributed by atoms with Gasteiger partial charge < -0.3 is 9.42 Å². The lowest BCUT2D eigenvalue weighted by Crippen LogP contribution is -1.97. The number of hydrogen-bond acceptors (Lipinski definition) is 2. The van der Waals surface area contributed by atoms with Crippen LogP contribution in [0, 0.1) is 5.92 Å². The first-order valence-corrected chi connectivity index (χ1v) is 4.75. The molecule has 0 aliphatic heterocycles. The van der Waals surface area contributed by atoms with Gasteiger partial charge in [-0.05, 0) is 5.92 Å². The van der Waals surface area contributed by atoms with Gasteiger partial charge in [0.25, 0.3) is 0 Å². The maximum Gasteiger partial charge on any atom is 0.183 e. The van der Waals surface area contributed by atoms with Crippen molar-refractivity contribution in [2.75, 3.05) is 12.2 Å². The summed E-state index contributed by atoms with van der Waals surface area (Å²) in [4.78, 5) is 8.82. The van der Waals surface area contributed by atoms with Crippen molar-refractivity contribution in [1.29, 1.82) is 0 Å². The third-order valence-corrected chi connectivity index (χ3v) is 1.92. The van der Waals surface area contributed by atoms with Crippen LogP contribution in [-0.2, 0) is 4.52 Å². The molecule has 0 fully saturated rings. The summed E-state index contributed by atoms with van der Waals surface area (Å²) in [5.41, 5.74) is 0.210. The summed E-state index contributed by atoms with van der Waals surface area (Å²) < 4.78 is 4.94. The molecule has 0 aromatic heterocycles. The van der Waals surface area contributed by atoms with Gasteiger partial charge in [-0.25, -0.2) is 0 Å². The van der Waals surface area contributed by atoms with Gasteiger partial charge in [0.05, 0.1) is 12.2 Å².